The van der Waals surface area contributed by atoms with Crippen LogP contribution < -0.4 is 5.32 Å². The van der Waals surface area contributed by atoms with Crippen molar-refractivity contribution < 1.29 is 14.7 Å². The molecule has 0 spiro atoms. The fraction of sp³-hybridized carbons (Fsp3) is 0.179. The number of rotatable bonds is 8. The number of hydrogen-bond acceptors (Lipinski definition) is 4. The highest BCUT2D eigenvalue weighted by Crippen LogP contribution is 2.30. The predicted octanol–water partition coefficient (Wildman–Crippen LogP) is 6.77. The molecule has 3 aromatic carbocycles. The zero-order valence-corrected chi connectivity index (χ0v) is 19.9. The van der Waals surface area contributed by atoms with Gasteiger partial charge in [-0.25, -0.2) is 4.98 Å². The van der Waals surface area contributed by atoms with Crippen molar-refractivity contribution in [3.8, 4) is 21.6 Å². The number of aromatic nitrogens is 1. The van der Waals surface area contributed by atoms with E-state index in [1.807, 2.05) is 85.1 Å². The Balaban J connectivity index is 1.37. The van der Waals surface area contributed by atoms with Gasteiger partial charge in [0, 0.05) is 23.9 Å². The van der Waals surface area contributed by atoms with Crippen LogP contribution >= 0.6 is 11.3 Å². The lowest BCUT2D eigenvalue weighted by molar-refractivity contribution is -0.147. The molecule has 0 atom stereocenters. The van der Waals surface area contributed by atoms with Crippen molar-refractivity contribution in [1.29, 1.82) is 0 Å². The normalized spacial score (nSPS) is 11.2. The van der Waals surface area contributed by atoms with Crippen molar-refractivity contribution in [2.75, 3.05) is 5.32 Å². The molecule has 0 saturated carbocycles. The van der Waals surface area contributed by atoms with E-state index >= 15 is 0 Å². The molecule has 2 N–H and O–H groups in total. The number of carbonyl (C=O) groups excluding carboxylic acids is 1. The Bertz CT molecular complexity index is 1280. The quantitative estimate of drug-likeness (QED) is 0.298. The maximum absolute atomic E-state index is 12.7. The van der Waals surface area contributed by atoms with Gasteiger partial charge >= 0.3 is 5.97 Å². The van der Waals surface area contributed by atoms with Gasteiger partial charge in [0.05, 0.1) is 15.3 Å². The summed E-state index contributed by atoms with van der Waals surface area (Å²) in [7, 11) is 0. The molecular weight excluding hydrogens is 444 g/mol. The van der Waals surface area contributed by atoms with Crippen molar-refractivity contribution in [2.24, 2.45) is 5.41 Å². The zero-order chi connectivity index (χ0) is 24.1. The minimum absolute atomic E-state index is 0.159. The molecule has 1 aromatic heterocycles. The van der Waals surface area contributed by atoms with Gasteiger partial charge in [-0.15, -0.1) is 11.3 Å². The van der Waals surface area contributed by atoms with E-state index in [0.717, 1.165) is 26.6 Å². The molecule has 4 rings (SSSR count). The highest BCUT2D eigenvalue weighted by Gasteiger charge is 2.27. The van der Waals surface area contributed by atoms with Gasteiger partial charge in [0.1, 0.15) is 0 Å². The van der Waals surface area contributed by atoms with E-state index in [1.54, 1.807) is 25.2 Å². The highest BCUT2D eigenvalue weighted by atomic mass is 32.1. The van der Waals surface area contributed by atoms with Gasteiger partial charge in [-0.2, -0.15) is 0 Å². The smallest absolute Gasteiger partial charge is 0.309 e. The molecule has 0 radical (unpaired) electrons. The number of hydrogen-bond donors (Lipinski definition) is 2. The van der Waals surface area contributed by atoms with Crippen LogP contribution in [0, 0.1) is 5.41 Å². The molecule has 1 heterocycles. The number of aryl methyl sites for hydroxylation is 1. The van der Waals surface area contributed by atoms with Crippen molar-refractivity contribution in [3.05, 3.63) is 95.6 Å². The lowest BCUT2D eigenvalue weighted by atomic mass is 9.88. The van der Waals surface area contributed by atoms with Crippen molar-refractivity contribution in [1.82, 2.24) is 4.98 Å². The summed E-state index contributed by atoms with van der Waals surface area (Å²) in [6, 6.07) is 25.3. The number of carboxylic acids is 1. The van der Waals surface area contributed by atoms with Crippen LogP contribution in [0.4, 0.5) is 5.69 Å². The van der Waals surface area contributed by atoms with Gasteiger partial charge in [-0.05, 0) is 61.2 Å². The molecule has 5 nitrogen and oxygen atoms in total. The summed E-state index contributed by atoms with van der Waals surface area (Å²) in [5, 5.41) is 13.1. The molecule has 34 heavy (non-hydrogen) atoms. The molecule has 4 aromatic rings. The zero-order valence-electron chi connectivity index (χ0n) is 19.1. The maximum atomic E-state index is 12.7. The summed E-state index contributed by atoms with van der Waals surface area (Å²) < 4.78 is 0. The first kappa shape index (κ1) is 23.4. The van der Waals surface area contributed by atoms with Crippen molar-refractivity contribution in [3.63, 3.8) is 0 Å². The summed E-state index contributed by atoms with van der Waals surface area (Å²) in [4.78, 5) is 29.4. The number of amides is 1. The van der Waals surface area contributed by atoms with E-state index in [2.05, 4.69) is 10.3 Å². The minimum atomic E-state index is -0.797. The van der Waals surface area contributed by atoms with Gasteiger partial charge in [0.2, 0.25) is 0 Å². The van der Waals surface area contributed by atoms with Crippen LogP contribution in [0.2, 0.25) is 0 Å². The molecule has 1 amide bonds. The highest BCUT2D eigenvalue weighted by molar-refractivity contribution is 7.15. The van der Waals surface area contributed by atoms with Crippen LogP contribution in [0.5, 0.6) is 0 Å². The van der Waals surface area contributed by atoms with Gasteiger partial charge in [0.15, 0.2) is 0 Å². The minimum Gasteiger partial charge on any atom is -0.481 e. The summed E-state index contributed by atoms with van der Waals surface area (Å²) in [5.41, 5.74) is 3.73. The fourth-order valence-corrected chi connectivity index (χ4v) is 4.37. The van der Waals surface area contributed by atoms with E-state index < -0.39 is 11.4 Å². The number of anilines is 1. The van der Waals surface area contributed by atoms with Gasteiger partial charge < -0.3 is 10.4 Å². The van der Waals surface area contributed by atoms with E-state index in [4.69, 9.17) is 0 Å². The Kier molecular flexibility index (Phi) is 6.89. The van der Waals surface area contributed by atoms with Gasteiger partial charge in [0.25, 0.3) is 5.91 Å². The average molecular weight is 471 g/mol. The SMILES string of the molecule is CC(C)(CCc1ncc(-c2ccc(NC(=O)c3ccc(-c4ccccc4)cc3)cc2)s1)C(=O)O. The van der Waals surface area contributed by atoms with E-state index in [9.17, 15) is 14.7 Å². The number of thiazole rings is 1. The summed E-state index contributed by atoms with van der Waals surface area (Å²) in [6.45, 7) is 3.46. The summed E-state index contributed by atoms with van der Waals surface area (Å²) in [5.74, 6) is -0.956. The first-order chi connectivity index (χ1) is 16.3. The van der Waals surface area contributed by atoms with Crippen LogP contribution in [0.1, 0.15) is 35.6 Å². The first-order valence-corrected chi connectivity index (χ1v) is 11.9. The Morgan fingerprint density at radius 1 is 0.882 bits per heavy atom. The molecule has 0 aliphatic carbocycles. The fourth-order valence-electron chi connectivity index (χ4n) is 3.45. The Morgan fingerprint density at radius 3 is 2.15 bits per heavy atom. The molecule has 172 valence electrons. The molecule has 0 saturated heterocycles. The van der Waals surface area contributed by atoms with E-state index in [0.29, 0.717) is 24.1 Å². The maximum Gasteiger partial charge on any atom is 0.309 e. The largest absolute Gasteiger partial charge is 0.481 e. The van der Waals surface area contributed by atoms with Gasteiger partial charge in [-0.3, -0.25) is 9.59 Å². The standard InChI is InChI=1S/C28H26N2O3S/c1-28(2,27(32)33)17-16-25-29-18-24(34-25)21-12-14-23(15-13-21)30-26(31)22-10-8-20(9-11-22)19-6-4-3-5-7-19/h3-15,18H,16-17H2,1-2H3,(H,30,31)(H,32,33). The van der Waals surface area contributed by atoms with Crippen molar-refractivity contribution >= 4 is 28.9 Å². The second-order valence-electron chi connectivity index (χ2n) is 8.78. The van der Waals surface area contributed by atoms with Crippen molar-refractivity contribution in [2.45, 2.75) is 26.7 Å². The molecule has 0 fully saturated rings. The van der Waals surface area contributed by atoms with Crippen LogP contribution in [0.25, 0.3) is 21.6 Å². The molecular formula is C28H26N2O3S. The molecule has 0 bridgehead atoms. The number of nitrogens with zero attached hydrogens (tertiary/aromatic N) is 1. The number of aliphatic carboxylic acids is 1. The van der Waals surface area contributed by atoms with Crippen LogP contribution in [0.15, 0.2) is 85.1 Å². The number of nitrogens with one attached hydrogen (secondary N) is 1. The van der Waals surface area contributed by atoms with Gasteiger partial charge in [-0.1, -0.05) is 54.6 Å². The monoisotopic (exact) mass is 470 g/mol. The molecule has 0 unspecified atom stereocenters. The third kappa shape index (κ3) is 5.58. The summed E-state index contributed by atoms with van der Waals surface area (Å²) >= 11 is 1.56. The Hall–Kier alpha value is -3.77. The third-order valence-electron chi connectivity index (χ3n) is 5.78. The van der Waals surface area contributed by atoms with Crippen LogP contribution in [-0.2, 0) is 11.2 Å². The van der Waals surface area contributed by atoms with E-state index in [-0.39, 0.29) is 5.91 Å². The Morgan fingerprint density at radius 2 is 1.50 bits per heavy atom. The van der Waals surface area contributed by atoms with Crippen LogP contribution in [-0.4, -0.2) is 22.0 Å². The number of carbonyl (C=O) groups is 2. The molecule has 0 aliphatic rings. The second kappa shape index (κ2) is 10.0. The molecule has 6 heteroatoms. The molecule has 0 aliphatic heterocycles. The predicted molar refractivity (Wildman–Crippen MR) is 137 cm³/mol. The number of carboxylic acid groups (broad SMARTS) is 1. The number of benzene rings is 3. The average Bonchev–Trinajstić information content (AvgIpc) is 3.33. The second-order valence-corrected chi connectivity index (χ2v) is 9.90. The topological polar surface area (TPSA) is 79.3 Å². The summed E-state index contributed by atoms with van der Waals surface area (Å²) in [6.07, 6.45) is 2.98. The first-order valence-electron chi connectivity index (χ1n) is 11.1. The van der Waals surface area contributed by atoms with Crippen LogP contribution in [0.3, 0.4) is 0 Å². The van der Waals surface area contributed by atoms with E-state index in [1.165, 1.54) is 0 Å². The Labute approximate surface area is 203 Å². The lowest BCUT2D eigenvalue weighted by Crippen LogP contribution is -2.24. The third-order valence-corrected chi connectivity index (χ3v) is 6.88. The lowest BCUT2D eigenvalue weighted by Gasteiger charge is -2.17.